The van der Waals surface area contributed by atoms with Gasteiger partial charge >= 0.3 is 0 Å². The average Bonchev–Trinajstić information content (AvgIpc) is 3.33. The number of nitro groups is 1. The Morgan fingerprint density at radius 2 is 2.03 bits per heavy atom. The SMILES string of the molecule is CC(C)(C)[Si](C)(C)O[C@H](CCCn1ccc2ccc([N+](=O)[O-])cc21)n1cnc(C(N)=O)c1. The number of carbonyl (C=O) groups excluding carboxylic acids is 1. The Hall–Kier alpha value is -2.98. The van der Waals surface area contributed by atoms with Gasteiger partial charge in [-0.1, -0.05) is 20.8 Å². The molecule has 32 heavy (non-hydrogen) atoms. The molecule has 9 nitrogen and oxygen atoms in total. The van der Waals surface area contributed by atoms with Gasteiger partial charge < -0.3 is 19.3 Å². The Labute approximate surface area is 188 Å². The zero-order valence-corrected chi connectivity index (χ0v) is 20.2. The maximum Gasteiger partial charge on any atom is 0.271 e. The van der Waals surface area contributed by atoms with Crippen LogP contribution in [0.4, 0.5) is 5.69 Å². The number of benzene rings is 1. The third-order valence-corrected chi connectivity index (χ3v) is 10.7. The van der Waals surface area contributed by atoms with Gasteiger partial charge in [0.2, 0.25) is 0 Å². The number of hydrogen-bond acceptors (Lipinski definition) is 5. The molecule has 1 amide bonds. The van der Waals surface area contributed by atoms with Gasteiger partial charge in [0, 0.05) is 36.5 Å². The van der Waals surface area contributed by atoms with Crippen LogP contribution in [0.1, 0.15) is 50.3 Å². The second kappa shape index (κ2) is 8.87. The van der Waals surface area contributed by atoms with Gasteiger partial charge in [0.25, 0.3) is 11.6 Å². The molecule has 0 saturated heterocycles. The molecule has 0 radical (unpaired) electrons. The van der Waals surface area contributed by atoms with E-state index in [1.54, 1.807) is 24.7 Å². The first-order chi connectivity index (χ1) is 14.9. The molecule has 1 aromatic carbocycles. The van der Waals surface area contributed by atoms with Crippen LogP contribution >= 0.6 is 0 Å². The van der Waals surface area contributed by atoms with Crippen molar-refractivity contribution in [3.63, 3.8) is 0 Å². The molecule has 0 unspecified atom stereocenters. The van der Waals surface area contributed by atoms with Crippen LogP contribution in [0.15, 0.2) is 43.0 Å². The quantitative estimate of drug-likeness (QED) is 0.280. The Balaban J connectivity index is 1.79. The summed E-state index contributed by atoms with van der Waals surface area (Å²) in [4.78, 5) is 26.4. The summed E-state index contributed by atoms with van der Waals surface area (Å²) in [7, 11) is -2.10. The third kappa shape index (κ3) is 5.08. The number of nitrogens with two attached hydrogens (primary N) is 1. The third-order valence-electron chi connectivity index (χ3n) is 6.24. The summed E-state index contributed by atoms with van der Waals surface area (Å²) in [5, 5.41) is 12.1. The number of rotatable bonds is 9. The van der Waals surface area contributed by atoms with Crippen LogP contribution in [0, 0.1) is 10.1 Å². The van der Waals surface area contributed by atoms with Gasteiger partial charge in [-0.15, -0.1) is 0 Å². The highest BCUT2D eigenvalue weighted by Gasteiger charge is 2.39. The number of amides is 1. The van der Waals surface area contributed by atoms with Crippen LogP contribution in [-0.4, -0.2) is 33.3 Å². The number of imidazole rings is 1. The average molecular weight is 458 g/mol. The number of primary amides is 1. The van der Waals surface area contributed by atoms with Crippen molar-refractivity contribution in [3.8, 4) is 0 Å². The van der Waals surface area contributed by atoms with Gasteiger partial charge in [0.15, 0.2) is 8.32 Å². The van der Waals surface area contributed by atoms with E-state index in [2.05, 4.69) is 38.8 Å². The summed E-state index contributed by atoms with van der Waals surface area (Å²) >= 11 is 0. The van der Waals surface area contributed by atoms with Crippen LogP contribution in [0.3, 0.4) is 0 Å². The van der Waals surface area contributed by atoms with Crippen LogP contribution in [0.25, 0.3) is 10.9 Å². The van der Waals surface area contributed by atoms with Crippen molar-refractivity contribution in [2.24, 2.45) is 5.73 Å². The van der Waals surface area contributed by atoms with Gasteiger partial charge in [-0.2, -0.15) is 0 Å². The molecular formula is C22H31N5O4Si. The largest absolute Gasteiger partial charge is 0.397 e. The van der Waals surface area contributed by atoms with Crippen molar-refractivity contribution >= 4 is 30.8 Å². The number of aryl methyl sites for hydroxylation is 1. The standard InChI is InChI=1S/C22H31N5O4Si/c1-22(2,3)32(4,5)31-20(26-14-18(21(23)28)24-15-26)7-6-11-25-12-10-16-8-9-17(27(29)30)13-19(16)25/h8-10,12-15,20H,6-7,11H2,1-5H3,(H2,23,28)/t20-/m1/s1. The van der Waals surface area contributed by atoms with Crippen LogP contribution in [0.2, 0.25) is 18.1 Å². The summed E-state index contributed by atoms with van der Waals surface area (Å²) in [6, 6.07) is 6.85. The zero-order chi connectivity index (χ0) is 23.7. The number of fused-ring (bicyclic) bond motifs is 1. The predicted octanol–water partition coefficient (Wildman–Crippen LogP) is 4.85. The van der Waals surface area contributed by atoms with Gasteiger partial charge in [-0.25, -0.2) is 4.98 Å². The lowest BCUT2D eigenvalue weighted by Crippen LogP contribution is -2.42. The molecule has 0 saturated carbocycles. The van der Waals surface area contributed by atoms with Crippen LogP contribution < -0.4 is 5.73 Å². The summed E-state index contributed by atoms with van der Waals surface area (Å²) < 4.78 is 10.5. The molecule has 2 aromatic heterocycles. The smallest absolute Gasteiger partial charge is 0.271 e. The molecule has 0 aliphatic carbocycles. The predicted molar refractivity (Wildman–Crippen MR) is 126 cm³/mol. The number of hydrogen-bond donors (Lipinski definition) is 1. The normalized spacial score (nSPS) is 13.4. The number of nitro benzene ring substituents is 1. The molecule has 172 valence electrons. The van der Waals surface area contributed by atoms with E-state index in [0.29, 0.717) is 13.0 Å². The first-order valence-corrected chi connectivity index (χ1v) is 13.5. The van der Waals surface area contributed by atoms with Gasteiger partial charge in [-0.05, 0) is 43.1 Å². The number of nitrogens with zero attached hydrogens (tertiary/aromatic N) is 4. The molecule has 2 N–H and O–H groups in total. The molecule has 10 heteroatoms. The van der Waals surface area contributed by atoms with Gasteiger partial charge in [-0.3, -0.25) is 14.9 Å². The van der Waals surface area contributed by atoms with Gasteiger partial charge in [0.1, 0.15) is 11.9 Å². The Kier molecular flexibility index (Phi) is 6.56. The Morgan fingerprint density at radius 3 is 2.62 bits per heavy atom. The first kappa shape index (κ1) is 23.7. The van der Waals surface area contributed by atoms with Crippen molar-refractivity contribution in [1.82, 2.24) is 14.1 Å². The lowest BCUT2D eigenvalue weighted by molar-refractivity contribution is -0.384. The monoisotopic (exact) mass is 457 g/mol. The molecule has 2 heterocycles. The maximum atomic E-state index is 11.5. The van der Waals surface area contributed by atoms with E-state index in [1.807, 2.05) is 21.4 Å². The minimum absolute atomic E-state index is 0.0217. The minimum Gasteiger partial charge on any atom is -0.397 e. The number of aromatic nitrogens is 3. The van der Waals surface area contributed by atoms with Gasteiger partial charge in [0.05, 0.1) is 16.8 Å². The van der Waals surface area contributed by atoms with E-state index in [0.717, 1.165) is 17.3 Å². The molecule has 1 atom stereocenters. The van der Waals surface area contributed by atoms with E-state index in [-0.39, 0.29) is 27.6 Å². The lowest BCUT2D eigenvalue weighted by atomic mass is 10.2. The molecule has 0 spiro atoms. The highest BCUT2D eigenvalue weighted by atomic mass is 28.4. The van der Waals surface area contributed by atoms with E-state index >= 15 is 0 Å². The molecule has 3 aromatic rings. The second-order valence-electron chi connectivity index (χ2n) is 9.55. The highest BCUT2D eigenvalue weighted by Crippen LogP contribution is 2.39. The minimum atomic E-state index is -2.10. The van der Waals surface area contributed by atoms with E-state index in [1.165, 1.54) is 6.07 Å². The molecule has 0 aliphatic rings. The van der Waals surface area contributed by atoms with Crippen molar-refractivity contribution in [1.29, 1.82) is 0 Å². The first-order valence-electron chi connectivity index (χ1n) is 10.6. The molecule has 0 aliphatic heterocycles. The van der Waals surface area contributed by atoms with Crippen LogP contribution in [0.5, 0.6) is 0 Å². The molecule has 3 rings (SSSR count). The number of carbonyl (C=O) groups is 1. The van der Waals surface area contributed by atoms with Crippen molar-refractivity contribution in [3.05, 3.63) is 58.8 Å². The fourth-order valence-electron chi connectivity index (χ4n) is 3.32. The Morgan fingerprint density at radius 1 is 1.31 bits per heavy atom. The summed E-state index contributed by atoms with van der Waals surface area (Å²) in [6.07, 6.45) is 6.35. The van der Waals surface area contributed by atoms with Crippen molar-refractivity contribution < 1.29 is 14.1 Å². The molecule has 0 bridgehead atoms. The van der Waals surface area contributed by atoms with Crippen molar-refractivity contribution in [2.45, 2.75) is 64.5 Å². The number of non-ortho nitro benzene ring substituents is 1. The fraction of sp³-hybridized carbons (Fsp3) is 0.455. The Bertz CT molecular complexity index is 1130. The van der Waals surface area contributed by atoms with E-state index in [4.69, 9.17) is 10.2 Å². The fourth-order valence-corrected chi connectivity index (χ4v) is 4.60. The zero-order valence-electron chi connectivity index (χ0n) is 19.2. The topological polar surface area (TPSA) is 118 Å². The summed E-state index contributed by atoms with van der Waals surface area (Å²) in [5.74, 6) is -0.574. The van der Waals surface area contributed by atoms with E-state index < -0.39 is 14.2 Å². The van der Waals surface area contributed by atoms with E-state index in [9.17, 15) is 14.9 Å². The molecular weight excluding hydrogens is 426 g/mol. The van der Waals surface area contributed by atoms with Crippen LogP contribution in [-0.2, 0) is 11.0 Å². The lowest BCUT2D eigenvalue weighted by Gasteiger charge is -2.39. The maximum absolute atomic E-state index is 11.5. The second-order valence-corrected chi connectivity index (χ2v) is 14.3. The summed E-state index contributed by atoms with van der Waals surface area (Å²) in [6.45, 7) is 11.6. The highest BCUT2D eigenvalue weighted by molar-refractivity contribution is 6.74. The molecule has 0 fully saturated rings. The summed E-state index contributed by atoms with van der Waals surface area (Å²) in [5.41, 5.74) is 6.49. The van der Waals surface area contributed by atoms with Crippen molar-refractivity contribution in [2.75, 3.05) is 0 Å².